The predicted molar refractivity (Wildman–Crippen MR) is 102 cm³/mol. The molecule has 0 N–H and O–H groups in total. The summed E-state index contributed by atoms with van der Waals surface area (Å²) in [5.74, 6) is 0.414. The molecule has 24 heavy (non-hydrogen) atoms. The molecule has 0 aromatic rings. The van der Waals surface area contributed by atoms with E-state index in [2.05, 4.69) is 16.7 Å². The molecule has 0 saturated heterocycles. The van der Waals surface area contributed by atoms with Gasteiger partial charge in [0, 0.05) is 19.1 Å². The van der Waals surface area contributed by atoms with E-state index < -0.39 is 5.54 Å². The maximum absolute atomic E-state index is 12.3. The fourth-order valence-electron chi connectivity index (χ4n) is 2.09. The third-order valence-corrected chi connectivity index (χ3v) is 4.05. The van der Waals surface area contributed by atoms with Crippen molar-refractivity contribution in [2.24, 2.45) is 10.1 Å². The Kier molecular flexibility index (Phi) is 6.42. The first-order valence-electron chi connectivity index (χ1n) is 7.45. The molecule has 1 amide bonds. The fraction of sp³-hybridized carbons (Fsp3) is 0.471. The van der Waals surface area contributed by atoms with Crippen molar-refractivity contribution < 1.29 is 4.79 Å². The average Bonchev–Trinajstić information content (AvgIpc) is 2.65. The number of likely N-dealkylation sites (N-methyl/N-ethyl adjacent to an activating group) is 1. The minimum atomic E-state index is -0.806. The van der Waals surface area contributed by atoms with E-state index in [0.717, 1.165) is 0 Å². The van der Waals surface area contributed by atoms with Gasteiger partial charge in [-0.15, -0.1) is 0 Å². The topological polar surface area (TPSA) is 48.3 Å². The maximum Gasteiger partial charge on any atom is 0.255 e. The van der Waals surface area contributed by atoms with E-state index in [-0.39, 0.29) is 5.91 Å². The van der Waals surface area contributed by atoms with E-state index in [9.17, 15) is 4.79 Å². The quantitative estimate of drug-likeness (QED) is 0.415. The molecule has 132 valence electrons. The van der Waals surface area contributed by atoms with Crippen LogP contribution in [0.5, 0.6) is 0 Å². The van der Waals surface area contributed by atoms with Crippen LogP contribution >= 0.6 is 23.2 Å². The Balaban J connectivity index is 3.33. The number of allylic oxidation sites excluding steroid dienone is 4. The van der Waals surface area contributed by atoms with Gasteiger partial charge in [0.05, 0.1) is 10.7 Å². The predicted octanol–water partition coefficient (Wildman–Crippen LogP) is 4.11. The largest absolute Gasteiger partial charge is 0.296 e. The molecule has 0 aromatic carbocycles. The van der Waals surface area contributed by atoms with Crippen LogP contribution in [-0.4, -0.2) is 47.0 Å². The van der Waals surface area contributed by atoms with Gasteiger partial charge in [-0.25, -0.2) is 4.99 Å². The fourth-order valence-corrected chi connectivity index (χ4v) is 2.54. The number of aliphatic imine (C=N–C) groups is 1. The van der Waals surface area contributed by atoms with Gasteiger partial charge in [0.15, 0.2) is 5.84 Å². The second-order valence-electron chi connectivity index (χ2n) is 6.28. The third-order valence-electron chi connectivity index (χ3n) is 3.55. The summed E-state index contributed by atoms with van der Waals surface area (Å²) in [6.07, 6.45) is 1.65. The zero-order chi connectivity index (χ0) is 18.8. The van der Waals surface area contributed by atoms with Crippen LogP contribution in [0.15, 0.2) is 44.1 Å². The molecule has 0 radical (unpaired) electrons. The Bertz CT molecular complexity index is 683. The maximum atomic E-state index is 12.3. The van der Waals surface area contributed by atoms with Crippen LogP contribution in [0.1, 0.15) is 34.6 Å². The molecule has 0 atom stereocenters. The van der Waals surface area contributed by atoms with Crippen molar-refractivity contribution in [1.82, 2.24) is 9.91 Å². The molecule has 1 rings (SSSR count). The van der Waals surface area contributed by atoms with E-state index >= 15 is 0 Å². The van der Waals surface area contributed by atoms with Crippen molar-refractivity contribution in [2.75, 3.05) is 14.1 Å². The number of hydrazone groups is 1. The Morgan fingerprint density at radius 1 is 1.33 bits per heavy atom. The highest BCUT2D eigenvalue weighted by atomic mass is 35.5. The highest BCUT2D eigenvalue weighted by molar-refractivity contribution is 6.50. The van der Waals surface area contributed by atoms with E-state index in [1.54, 1.807) is 46.0 Å². The van der Waals surface area contributed by atoms with Crippen LogP contribution < -0.4 is 0 Å². The highest BCUT2D eigenvalue weighted by Gasteiger charge is 2.40. The average molecular weight is 371 g/mol. The Hall–Kier alpha value is -1.59. The van der Waals surface area contributed by atoms with Gasteiger partial charge in [-0.2, -0.15) is 5.10 Å². The molecular formula is C17H24Cl2N4O. The number of rotatable bonds is 5. The molecule has 0 spiro atoms. The second-order valence-corrected chi connectivity index (χ2v) is 7.28. The minimum Gasteiger partial charge on any atom is -0.296 e. The second kappa shape index (κ2) is 7.53. The van der Waals surface area contributed by atoms with Gasteiger partial charge in [-0.05, 0) is 46.3 Å². The molecule has 0 fully saturated rings. The van der Waals surface area contributed by atoms with E-state index in [0.29, 0.717) is 32.9 Å². The summed E-state index contributed by atoms with van der Waals surface area (Å²) in [4.78, 5) is 18.3. The molecule has 1 heterocycles. The van der Waals surface area contributed by atoms with Crippen molar-refractivity contribution >= 4 is 40.7 Å². The van der Waals surface area contributed by atoms with Crippen LogP contribution in [0, 0.1) is 0 Å². The van der Waals surface area contributed by atoms with Crippen molar-refractivity contribution in [3.63, 3.8) is 0 Å². The van der Waals surface area contributed by atoms with Gasteiger partial charge in [0.25, 0.3) is 5.91 Å². The van der Waals surface area contributed by atoms with Gasteiger partial charge in [-0.3, -0.25) is 14.7 Å². The van der Waals surface area contributed by atoms with Crippen LogP contribution in [0.3, 0.4) is 0 Å². The van der Waals surface area contributed by atoms with Gasteiger partial charge >= 0.3 is 0 Å². The molecule has 1 aliphatic heterocycles. The van der Waals surface area contributed by atoms with Gasteiger partial charge < -0.3 is 0 Å². The molecule has 5 nitrogen and oxygen atoms in total. The number of carbonyl (C=O) groups excluding carboxylic acids is 1. The van der Waals surface area contributed by atoms with Gasteiger partial charge in [-0.1, -0.05) is 29.8 Å². The number of nitrogens with zero attached hydrogens (tertiary/aromatic N) is 4. The smallest absolute Gasteiger partial charge is 0.255 e. The molecule has 0 unspecified atom stereocenters. The van der Waals surface area contributed by atoms with E-state index in [1.807, 2.05) is 13.8 Å². The van der Waals surface area contributed by atoms with Crippen LogP contribution in [0.2, 0.25) is 0 Å². The first-order valence-corrected chi connectivity index (χ1v) is 8.20. The number of halogens is 2. The summed E-state index contributed by atoms with van der Waals surface area (Å²) < 4.78 is 0. The summed E-state index contributed by atoms with van der Waals surface area (Å²) in [6.45, 7) is 12.9. The lowest BCUT2D eigenvalue weighted by Crippen LogP contribution is -2.39. The van der Waals surface area contributed by atoms with E-state index in [1.165, 1.54) is 4.90 Å². The number of hydrogen-bond donors (Lipinski definition) is 0. The summed E-state index contributed by atoms with van der Waals surface area (Å²) in [5, 5.41) is 7.22. The van der Waals surface area contributed by atoms with Crippen molar-refractivity contribution in [3.05, 3.63) is 34.0 Å². The molecule has 0 aliphatic carbocycles. The first-order chi connectivity index (χ1) is 10.9. The van der Waals surface area contributed by atoms with Crippen molar-refractivity contribution in [2.45, 2.75) is 40.2 Å². The highest BCUT2D eigenvalue weighted by Crippen LogP contribution is 2.23. The standard InChI is InChI=1S/C17H24Cl2N4O/c1-10(2)14(15-20-17(5,6)16(24)22(15)7)21-23(8)12(4)13(19)9-11(3)18/h9H,1H2,2-8H3. The van der Waals surface area contributed by atoms with Crippen LogP contribution in [0.25, 0.3) is 0 Å². The number of amides is 1. The number of carbonyl (C=O) groups is 1. The Morgan fingerprint density at radius 2 is 1.88 bits per heavy atom. The summed E-state index contributed by atoms with van der Waals surface area (Å²) >= 11 is 12.1. The van der Waals surface area contributed by atoms with Crippen LogP contribution in [-0.2, 0) is 4.79 Å². The first kappa shape index (κ1) is 20.5. The monoisotopic (exact) mass is 370 g/mol. The lowest BCUT2D eigenvalue weighted by molar-refractivity contribution is -0.129. The molecule has 1 aliphatic rings. The molecule has 0 saturated carbocycles. The number of hydrogen-bond acceptors (Lipinski definition) is 4. The minimum absolute atomic E-state index is 0.0832. The van der Waals surface area contributed by atoms with E-state index in [4.69, 9.17) is 23.2 Å². The van der Waals surface area contributed by atoms with Crippen LogP contribution in [0.4, 0.5) is 0 Å². The third kappa shape index (κ3) is 4.48. The SMILES string of the molecule is C=C(C)C(=NN(C)C(C)=C(Cl)C=C(C)Cl)C1=NC(C)(C)C(=O)N1C. The summed E-state index contributed by atoms with van der Waals surface area (Å²) in [7, 11) is 3.45. The lowest BCUT2D eigenvalue weighted by atomic mass is 10.1. The van der Waals surface area contributed by atoms with Gasteiger partial charge in [0.1, 0.15) is 11.3 Å². The molecule has 0 aromatic heterocycles. The molecule has 0 bridgehead atoms. The Labute approximate surface area is 154 Å². The summed E-state index contributed by atoms with van der Waals surface area (Å²) in [6, 6.07) is 0. The molecule has 7 heteroatoms. The van der Waals surface area contributed by atoms with Crippen molar-refractivity contribution in [3.8, 4) is 0 Å². The van der Waals surface area contributed by atoms with Gasteiger partial charge in [0.2, 0.25) is 0 Å². The summed E-state index contributed by atoms with van der Waals surface area (Å²) in [5.41, 5.74) is 1.14. The van der Waals surface area contributed by atoms with Crippen molar-refractivity contribution in [1.29, 1.82) is 0 Å². The lowest BCUT2D eigenvalue weighted by Gasteiger charge is -2.20. The number of amidine groups is 1. The zero-order valence-electron chi connectivity index (χ0n) is 15.2. The zero-order valence-corrected chi connectivity index (χ0v) is 16.7. The normalized spacial score (nSPS) is 19.3. The molecular weight excluding hydrogens is 347 g/mol. The Morgan fingerprint density at radius 3 is 2.25 bits per heavy atom.